The lowest BCUT2D eigenvalue weighted by atomic mass is 9.75. The minimum atomic E-state index is -1.86. The number of likely N-dealkylation sites (N-methyl/N-ethyl adjacent to an activating group) is 1. The zero-order valence-corrected chi connectivity index (χ0v) is 41.9. The molecule has 2 amide bonds. The van der Waals surface area contributed by atoms with Crippen LogP contribution in [0.25, 0.3) is 0 Å². The Morgan fingerprint density at radius 3 is 2.29 bits per heavy atom. The normalized spacial score (nSPS) is 42.1. The van der Waals surface area contributed by atoms with E-state index in [2.05, 4.69) is 16.0 Å². The summed E-state index contributed by atoms with van der Waals surface area (Å²) in [6.07, 6.45) is -8.55. The molecule has 0 radical (unpaired) electrons. The lowest BCUT2D eigenvalue weighted by Gasteiger charge is -2.53. The van der Waals surface area contributed by atoms with E-state index >= 15 is 0 Å². The molecule has 4 rings (SSSR count). The number of urea groups is 1. The molecule has 3 saturated heterocycles. The summed E-state index contributed by atoms with van der Waals surface area (Å²) in [6.45, 7) is 20.4. The molecule has 18 atom stereocenters. The van der Waals surface area contributed by atoms with E-state index in [1.165, 1.54) is 26.0 Å². The van der Waals surface area contributed by atoms with E-state index < -0.39 is 114 Å². The second-order valence-corrected chi connectivity index (χ2v) is 20.0. The van der Waals surface area contributed by atoms with Crippen LogP contribution < -0.4 is 20.7 Å². The fraction of sp³-hybridized carbons (Fsp3) is 0.833. The SMILES string of the molecule is CCCNC[C@]1(O)[C@H](C)O[C@@H](O[C@H]2[C@H](C)[C@@H](O[C@@H]3O[C@H](C)C[C@H](N(C)C(=O)Nc4cccc(OC)c4)[C@H]3O)[C@](C)(O)C[C@@H](C)CN[C@H](C)[C@@H](O)[C@](C)(O)[C@@H](CC)OC(=O)[C@@H]2C)C[C@@]1(C)OC. The molecule has 1 aromatic carbocycles. The van der Waals surface area contributed by atoms with Gasteiger partial charge in [0.15, 0.2) is 12.6 Å². The van der Waals surface area contributed by atoms with Crippen LogP contribution in [-0.4, -0.2) is 173 Å². The molecule has 1 aromatic rings. The van der Waals surface area contributed by atoms with Crippen molar-refractivity contribution >= 4 is 17.7 Å². The van der Waals surface area contributed by atoms with E-state index in [9.17, 15) is 35.1 Å². The third-order valence-corrected chi connectivity index (χ3v) is 14.5. The third-order valence-electron chi connectivity index (χ3n) is 14.5. The molecule has 0 bridgehead atoms. The van der Waals surface area contributed by atoms with Crippen LogP contribution in [0.15, 0.2) is 24.3 Å². The number of anilines is 1. The molecule has 8 N–H and O–H groups in total. The summed E-state index contributed by atoms with van der Waals surface area (Å²) < 4.78 is 43.9. The van der Waals surface area contributed by atoms with Crippen molar-refractivity contribution in [2.75, 3.05) is 46.2 Å². The molecule has 0 spiro atoms. The Morgan fingerprint density at radius 1 is 0.985 bits per heavy atom. The number of aliphatic hydroxyl groups excluding tert-OH is 2. The minimum Gasteiger partial charge on any atom is -0.497 e. The summed E-state index contributed by atoms with van der Waals surface area (Å²) in [6, 6.07) is 4.98. The van der Waals surface area contributed by atoms with Gasteiger partial charge in [-0.2, -0.15) is 0 Å². The summed E-state index contributed by atoms with van der Waals surface area (Å²) in [7, 11) is 4.62. The van der Waals surface area contributed by atoms with Crippen molar-refractivity contribution < 1.29 is 68.3 Å². The summed E-state index contributed by atoms with van der Waals surface area (Å²) in [5.74, 6) is -2.45. The van der Waals surface area contributed by atoms with E-state index in [4.69, 9.17) is 33.2 Å². The summed E-state index contributed by atoms with van der Waals surface area (Å²) >= 11 is 0. The van der Waals surface area contributed by atoms with Gasteiger partial charge in [0.1, 0.15) is 40.9 Å². The standard InChI is InChI=1S/C48H84N4O14/c1-15-20-49-26-48(59)32(8)63-37(24-46(48,10)61-14)65-39-29(5)41(45(9,57)23-27(3)25-50-31(7)40(54)47(11,58)36(16-2)64-42(55)30(39)6)66-43-38(53)35(21-28(4)62-43)52(12)44(56)51-33-18-17-19-34(22-33)60-13/h17-19,22,27-32,35-41,43,49-50,53-54,57-59H,15-16,20-21,23-26H2,1-14H3,(H,51,56)/t27-,28-,29+,30-,31-,32+,35+,36-,37+,38-,39+,40-,41-,43+,45-,46-,47-,48+/m1/s1. The number of hydrogen-bond donors (Lipinski definition) is 8. The number of carbonyl (C=O) groups excluding carboxylic acids is 2. The molecular formula is C48H84N4O14. The number of nitrogens with one attached hydrogen (secondary N) is 3. The number of ether oxygens (including phenoxy) is 7. The number of hydrogen-bond acceptors (Lipinski definition) is 16. The quantitative estimate of drug-likeness (QED) is 0.104. The number of aliphatic hydroxyl groups is 5. The van der Waals surface area contributed by atoms with Gasteiger partial charge in [-0.25, -0.2) is 4.79 Å². The largest absolute Gasteiger partial charge is 0.497 e. The number of methoxy groups -OCH3 is 2. The van der Waals surface area contributed by atoms with Crippen molar-refractivity contribution in [1.29, 1.82) is 0 Å². The van der Waals surface area contributed by atoms with Crippen LogP contribution >= 0.6 is 0 Å². The molecule has 3 heterocycles. The van der Waals surface area contributed by atoms with Gasteiger partial charge in [-0.1, -0.05) is 33.8 Å². The van der Waals surface area contributed by atoms with Crippen LogP contribution in [0.1, 0.15) is 108 Å². The van der Waals surface area contributed by atoms with Gasteiger partial charge < -0.3 is 79.5 Å². The highest BCUT2D eigenvalue weighted by Gasteiger charge is 2.58. The maximum atomic E-state index is 14.5. The fourth-order valence-corrected chi connectivity index (χ4v) is 10.1. The second kappa shape index (κ2) is 23.3. The molecule has 3 aliphatic rings. The Kier molecular flexibility index (Phi) is 19.7. The van der Waals surface area contributed by atoms with Crippen molar-refractivity contribution in [3.63, 3.8) is 0 Å². The third kappa shape index (κ3) is 12.7. The number of rotatable bonds is 13. The van der Waals surface area contributed by atoms with Gasteiger partial charge in [0.05, 0.1) is 49.1 Å². The number of carbonyl (C=O) groups is 2. The Hall–Kier alpha value is -2.72. The summed E-state index contributed by atoms with van der Waals surface area (Å²) in [4.78, 5) is 29.6. The Labute approximate surface area is 392 Å². The van der Waals surface area contributed by atoms with E-state index in [1.807, 2.05) is 13.8 Å². The molecule has 3 aliphatic heterocycles. The Bertz CT molecular complexity index is 1710. The number of cyclic esters (lactones) is 1. The number of esters is 1. The van der Waals surface area contributed by atoms with Gasteiger partial charge in [-0.05, 0) is 105 Å². The topological polar surface area (TPSA) is 239 Å². The number of benzene rings is 1. The predicted octanol–water partition coefficient (Wildman–Crippen LogP) is 3.54. The molecule has 18 heteroatoms. The van der Waals surface area contributed by atoms with Crippen molar-refractivity contribution in [3.8, 4) is 5.75 Å². The van der Waals surface area contributed by atoms with Gasteiger partial charge >= 0.3 is 12.0 Å². The maximum absolute atomic E-state index is 14.5. The van der Waals surface area contributed by atoms with Crippen molar-refractivity contribution in [1.82, 2.24) is 15.5 Å². The predicted molar refractivity (Wildman–Crippen MR) is 248 cm³/mol. The first kappa shape index (κ1) is 55.9. The van der Waals surface area contributed by atoms with E-state index in [1.54, 1.807) is 86.7 Å². The van der Waals surface area contributed by atoms with Gasteiger partial charge in [-0.3, -0.25) is 4.79 Å². The van der Waals surface area contributed by atoms with Crippen LogP contribution in [0, 0.1) is 17.8 Å². The highest BCUT2D eigenvalue weighted by molar-refractivity contribution is 5.89. The van der Waals surface area contributed by atoms with Crippen LogP contribution in [0.3, 0.4) is 0 Å². The second-order valence-electron chi connectivity index (χ2n) is 20.0. The smallest absolute Gasteiger partial charge is 0.321 e. The number of amides is 2. The molecule has 0 saturated carbocycles. The molecule has 66 heavy (non-hydrogen) atoms. The Balaban J connectivity index is 1.78. The van der Waals surface area contributed by atoms with Crippen LogP contribution in [-0.2, 0) is 33.2 Å². The van der Waals surface area contributed by atoms with Crippen molar-refractivity contribution in [3.05, 3.63) is 24.3 Å². The molecular weight excluding hydrogens is 857 g/mol. The molecule has 0 aromatic heterocycles. The lowest BCUT2D eigenvalue weighted by Crippen LogP contribution is -2.70. The van der Waals surface area contributed by atoms with Gasteiger partial charge in [0.2, 0.25) is 0 Å². The molecule has 380 valence electrons. The first-order valence-corrected chi connectivity index (χ1v) is 23.8. The zero-order valence-electron chi connectivity index (χ0n) is 41.9. The van der Waals surface area contributed by atoms with Crippen LogP contribution in [0.4, 0.5) is 10.5 Å². The average molecular weight is 941 g/mol. The van der Waals surface area contributed by atoms with E-state index in [0.29, 0.717) is 24.5 Å². The molecule has 0 aliphatic carbocycles. The average Bonchev–Trinajstić information content (AvgIpc) is 3.26. The van der Waals surface area contributed by atoms with Crippen molar-refractivity contribution in [2.45, 2.75) is 198 Å². The minimum absolute atomic E-state index is 0.0396. The number of nitrogens with zero attached hydrogens (tertiary/aromatic N) is 1. The molecule has 0 unspecified atom stereocenters. The van der Waals surface area contributed by atoms with E-state index in [-0.39, 0.29) is 38.1 Å². The van der Waals surface area contributed by atoms with Crippen molar-refractivity contribution in [2.24, 2.45) is 17.8 Å². The highest BCUT2D eigenvalue weighted by atomic mass is 16.7. The summed E-state index contributed by atoms with van der Waals surface area (Å²) in [5.41, 5.74) is -5.74. The monoisotopic (exact) mass is 941 g/mol. The van der Waals surface area contributed by atoms with Crippen LogP contribution in [0.2, 0.25) is 0 Å². The van der Waals surface area contributed by atoms with Gasteiger partial charge in [-0.15, -0.1) is 0 Å². The fourth-order valence-electron chi connectivity index (χ4n) is 10.1. The van der Waals surface area contributed by atoms with E-state index in [0.717, 1.165) is 6.42 Å². The molecule has 3 fully saturated rings. The first-order chi connectivity index (χ1) is 30.8. The first-order valence-electron chi connectivity index (χ1n) is 23.8. The summed E-state index contributed by atoms with van der Waals surface area (Å²) in [5, 5.41) is 69.7. The highest BCUT2D eigenvalue weighted by Crippen LogP contribution is 2.43. The Morgan fingerprint density at radius 2 is 1.67 bits per heavy atom. The zero-order chi connectivity index (χ0) is 49.5. The van der Waals surface area contributed by atoms with Gasteiger partial charge in [0.25, 0.3) is 0 Å². The molecule has 18 nitrogen and oxygen atoms in total. The van der Waals surface area contributed by atoms with Crippen LogP contribution in [0.5, 0.6) is 5.75 Å². The lowest BCUT2D eigenvalue weighted by molar-refractivity contribution is -0.336. The maximum Gasteiger partial charge on any atom is 0.321 e. The van der Waals surface area contributed by atoms with Gasteiger partial charge in [0, 0.05) is 50.8 Å².